The quantitative estimate of drug-likeness (QED) is 0.0921. The predicted octanol–water partition coefficient (Wildman–Crippen LogP) is 6.06. The number of rotatable bonds is 19. The third-order valence-electron chi connectivity index (χ3n) is 6.77. The van der Waals surface area contributed by atoms with Gasteiger partial charge in [0, 0.05) is 35.8 Å². The Morgan fingerprint density at radius 2 is 1.76 bits per heavy atom. The summed E-state index contributed by atoms with van der Waals surface area (Å²) in [7, 11) is -1.61. The van der Waals surface area contributed by atoms with Crippen molar-refractivity contribution in [3.05, 3.63) is 40.6 Å². The highest BCUT2D eigenvalue weighted by Gasteiger charge is 2.24. The number of anilines is 2. The van der Waals surface area contributed by atoms with Crippen LogP contribution in [0.15, 0.2) is 18.2 Å². The molecule has 0 spiro atoms. The molecule has 12 nitrogen and oxygen atoms in total. The van der Waals surface area contributed by atoms with Gasteiger partial charge < -0.3 is 34.9 Å². The SMILES string of the molecule is CCCC[C@@H](CC(=O)OC(C)(C)C)Nc1nc(N)nc(C)c1Cc1cc(C(=O)NCCCP(=O)(OCC)OCC)ccc1OC. The molecule has 0 saturated carbocycles. The van der Waals surface area contributed by atoms with Crippen molar-refractivity contribution >= 4 is 31.2 Å². The van der Waals surface area contributed by atoms with Gasteiger partial charge in [0.05, 0.1) is 32.9 Å². The topological polar surface area (TPSA) is 164 Å². The van der Waals surface area contributed by atoms with E-state index in [1.54, 1.807) is 39.2 Å². The van der Waals surface area contributed by atoms with Crippen LogP contribution in [0.3, 0.4) is 0 Å². The number of nitrogens with one attached hydrogen (secondary N) is 2. The van der Waals surface area contributed by atoms with Gasteiger partial charge in [-0.25, -0.2) is 4.98 Å². The summed E-state index contributed by atoms with van der Waals surface area (Å²) in [6.45, 7) is 13.9. The highest BCUT2D eigenvalue weighted by atomic mass is 31.2. The number of amides is 1. The van der Waals surface area contributed by atoms with Crippen LogP contribution in [0, 0.1) is 6.92 Å². The summed E-state index contributed by atoms with van der Waals surface area (Å²) in [6, 6.07) is 4.98. The average Bonchev–Trinajstić information content (AvgIpc) is 2.94. The minimum Gasteiger partial charge on any atom is -0.496 e. The first-order chi connectivity index (χ1) is 21.2. The van der Waals surface area contributed by atoms with Gasteiger partial charge in [-0.1, -0.05) is 19.8 Å². The number of aryl methyl sites for hydroxylation is 1. The van der Waals surface area contributed by atoms with Crippen LogP contribution < -0.4 is 21.1 Å². The summed E-state index contributed by atoms with van der Waals surface area (Å²) in [5.41, 5.74) is 8.10. The predicted molar refractivity (Wildman–Crippen MR) is 177 cm³/mol. The highest BCUT2D eigenvalue weighted by Crippen LogP contribution is 2.48. The lowest BCUT2D eigenvalue weighted by molar-refractivity contribution is -0.155. The van der Waals surface area contributed by atoms with Gasteiger partial charge in [-0.15, -0.1) is 0 Å². The van der Waals surface area contributed by atoms with Gasteiger partial charge in [0.1, 0.15) is 17.2 Å². The summed E-state index contributed by atoms with van der Waals surface area (Å²) in [4.78, 5) is 34.7. The van der Waals surface area contributed by atoms with E-state index in [1.807, 2.05) is 27.7 Å². The fourth-order valence-electron chi connectivity index (χ4n) is 4.79. The number of nitrogen functional groups attached to an aromatic ring is 1. The van der Waals surface area contributed by atoms with E-state index in [9.17, 15) is 14.2 Å². The molecule has 1 aromatic heterocycles. The summed E-state index contributed by atoms with van der Waals surface area (Å²) in [5, 5.41) is 6.33. The maximum absolute atomic E-state index is 13.1. The summed E-state index contributed by atoms with van der Waals surface area (Å²) in [6.07, 6.45) is 3.78. The Bertz CT molecular complexity index is 1310. The molecule has 1 amide bonds. The molecule has 0 bridgehead atoms. The minimum absolute atomic E-state index is 0.114. The fourth-order valence-corrected chi connectivity index (χ4v) is 6.45. The molecule has 1 atom stereocenters. The Kier molecular flexibility index (Phi) is 15.2. The zero-order chi connectivity index (χ0) is 33.6. The molecule has 2 rings (SSSR count). The van der Waals surface area contributed by atoms with E-state index in [2.05, 4.69) is 27.5 Å². The molecule has 13 heteroatoms. The number of carbonyl (C=O) groups is 2. The van der Waals surface area contributed by atoms with Crippen molar-refractivity contribution in [3.63, 3.8) is 0 Å². The molecule has 0 radical (unpaired) electrons. The maximum Gasteiger partial charge on any atom is 0.330 e. The van der Waals surface area contributed by atoms with Crippen molar-refractivity contribution in [2.45, 2.75) is 98.6 Å². The van der Waals surface area contributed by atoms with Gasteiger partial charge >= 0.3 is 13.6 Å². The standard InChI is InChI=1S/C32H52N5O7P/c1-9-12-14-25(21-28(38)44-32(5,6)7)36-29-26(22(4)35-31(33)37-29)20-24-19-23(15-16-27(24)41-8)30(39)34-17-13-18-45(40,42-10-2)43-11-3/h15-16,19,25H,9-14,17-18,20-21H2,1-8H3,(H,34,39)(H3,33,35,36,37)/t25-/m0/s1. The Balaban J connectivity index is 2.28. The van der Waals surface area contributed by atoms with Gasteiger partial charge in [0.15, 0.2) is 0 Å². The number of esters is 1. The molecule has 4 N–H and O–H groups in total. The molecule has 0 aliphatic heterocycles. The Morgan fingerprint density at radius 3 is 2.36 bits per heavy atom. The third-order valence-corrected chi connectivity index (χ3v) is 8.93. The molecule has 252 valence electrons. The number of nitrogens with zero attached hydrogens (tertiary/aromatic N) is 2. The van der Waals surface area contributed by atoms with Crippen LogP contribution in [0.5, 0.6) is 5.75 Å². The highest BCUT2D eigenvalue weighted by molar-refractivity contribution is 7.53. The zero-order valence-corrected chi connectivity index (χ0v) is 29.1. The number of hydrogen-bond donors (Lipinski definition) is 3. The van der Waals surface area contributed by atoms with Crippen molar-refractivity contribution < 1.29 is 32.7 Å². The van der Waals surface area contributed by atoms with Crippen molar-refractivity contribution in [3.8, 4) is 5.75 Å². The average molecular weight is 650 g/mol. The van der Waals surface area contributed by atoms with E-state index in [0.29, 0.717) is 42.2 Å². The van der Waals surface area contributed by atoms with Crippen LogP contribution in [0.2, 0.25) is 0 Å². The van der Waals surface area contributed by atoms with Crippen LogP contribution in [0.4, 0.5) is 11.8 Å². The van der Waals surface area contributed by atoms with Gasteiger partial charge in [-0.05, 0) is 78.1 Å². The minimum atomic E-state index is -3.18. The smallest absolute Gasteiger partial charge is 0.330 e. The number of carbonyl (C=O) groups excluding carboxylic acids is 2. The Hall–Kier alpha value is -3.21. The number of hydrogen-bond acceptors (Lipinski definition) is 11. The second kappa shape index (κ2) is 18.1. The summed E-state index contributed by atoms with van der Waals surface area (Å²) >= 11 is 0. The molecule has 1 aromatic carbocycles. The fraction of sp³-hybridized carbons (Fsp3) is 0.625. The third kappa shape index (κ3) is 13.0. The van der Waals surface area contributed by atoms with Crippen molar-refractivity contribution in [2.75, 3.05) is 44.1 Å². The Morgan fingerprint density at radius 1 is 1.07 bits per heavy atom. The molecule has 2 aromatic rings. The molecule has 0 unspecified atom stereocenters. The lowest BCUT2D eigenvalue weighted by atomic mass is 9.99. The molecular formula is C32H52N5O7P. The van der Waals surface area contributed by atoms with Gasteiger partial charge in [-0.2, -0.15) is 4.98 Å². The largest absolute Gasteiger partial charge is 0.496 e. The van der Waals surface area contributed by atoms with E-state index in [1.165, 1.54) is 0 Å². The number of methoxy groups -OCH3 is 1. The lowest BCUT2D eigenvalue weighted by Crippen LogP contribution is -2.30. The number of ether oxygens (including phenoxy) is 2. The van der Waals surface area contributed by atoms with Crippen molar-refractivity contribution in [1.82, 2.24) is 15.3 Å². The van der Waals surface area contributed by atoms with E-state index in [0.717, 1.165) is 30.4 Å². The van der Waals surface area contributed by atoms with Crippen LogP contribution in [0.1, 0.15) is 101 Å². The van der Waals surface area contributed by atoms with Gasteiger partial charge in [-0.3, -0.25) is 14.2 Å². The summed E-state index contributed by atoms with van der Waals surface area (Å²) < 4.78 is 34.6. The van der Waals surface area contributed by atoms with E-state index < -0.39 is 13.2 Å². The Labute approximate surface area is 268 Å². The second-order valence-corrected chi connectivity index (χ2v) is 13.9. The maximum atomic E-state index is 13.1. The number of benzene rings is 1. The first kappa shape index (κ1) is 38.0. The zero-order valence-electron chi connectivity index (χ0n) is 28.2. The summed E-state index contributed by atoms with van der Waals surface area (Å²) in [5.74, 6) is 0.662. The van der Waals surface area contributed by atoms with Gasteiger partial charge in [0.25, 0.3) is 5.91 Å². The van der Waals surface area contributed by atoms with Crippen LogP contribution in [-0.4, -0.2) is 66.5 Å². The van der Waals surface area contributed by atoms with Crippen LogP contribution in [-0.2, 0) is 29.6 Å². The second-order valence-electron chi connectivity index (χ2n) is 11.8. The monoisotopic (exact) mass is 649 g/mol. The molecule has 0 aliphatic carbocycles. The van der Waals surface area contributed by atoms with Gasteiger partial charge in [0.2, 0.25) is 5.95 Å². The molecule has 1 heterocycles. The molecule has 45 heavy (non-hydrogen) atoms. The first-order valence-electron chi connectivity index (χ1n) is 15.7. The van der Waals surface area contributed by atoms with Crippen LogP contribution >= 0.6 is 7.60 Å². The van der Waals surface area contributed by atoms with E-state index in [4.69, 9.17) is 24.3 Å². The number of nitrogens with two attached hydrogens (primary N) is 1. The molecule has 0 aliphatic rings. The molecule has 0 fully saturated rings. The van der Waals surface area contributed by atoms with E-state index in [-0.39, 0.29) is 49.7 Å². The number of aromatic nitrogens is 2. The lowest BCUT2D eigenvalue weighted by Gasteiger charge is -2.24. The number of unbranched alkanes of at least 4 members (excludes halogenated alkanes) is 1. The molecule has 0 saturated heterocycles. The van der Waals surface area contributed by atoms with Crippen molar-refractivity contribution in [1.29, 1.82) is 0 Å². The normalized spacial score (nSPS) is 12.4. The van der Waals surface area contributed by atoms with E-state index >= 15 is 0 Å². The van der Waals surface area contributed by atoms with Crippen molar-refractivity contribution in [2.24, 2.45) is 0 Å². The van der Waals surface area contributed by atoms with Crippen LogP contribution in [0.25, 0.3) is 0 Å². The first-order valence-corrected chi connectivity index (χ1v) is 17.4. The molecular weight excluding hydrogens is 597 g/mol.